The minimum Gasteiger partial charge on any atom is -0.291 e. The Balaban J connectivity index is 2.50. The Bertz CT molecular complexity index is 306. The molecule has 1 rings (SSSR count). The van der Waals surface area contributed by atoms with Crippen molar-refractivity contribution in [3.05, 3.63) is 35.9 Å². The summed E-state index contributed by atoms with van der Waals surface area (Å²) in [4.78, 5) is 4.53. The Labute approximate surface area is 93.2 Å². The van der Waals surface area contributed by atoms with E-state index in [1.54, 1.807) is 0 Å². The molecule has 1 atom stereocenters. The van der Waals surface area contributed by atoms with Gasteiger partial charge in [-0.1, -0.05) is 37.3 Å². The molecule has 0 N–H and O–H groups in total. The summed E-state index contributed by atoms with van der Waals surface area (Å²) in [6.07, 6.45) is 3.15. The molecule has 0 heterocycles. The molecule has 1 heteroatoms. The molecule has 0 aliphatic heterocycles. The highest BCUT2D eigenvalue weighted by atomic mass is 14.8. The number of nitrogens with zero attached hydrogens (tertiary/aromatic N) is 1. The Kier molecular flexibility index (Phi) is 4.07. The van der Waals surface area contributed by atoms with E-state index in [1.165, 1.54) is 5.56 Å². The summed E-state index contributed by atoms with van der Waals surface area (Å²) in [5.74, 6) is 0.506. The maximum Gasteiger partial charge on any atom is 0.0520 e. The molecule has 0 saturated carbocycles. The van der Waals surface area contributed by atoms with E-state index in [1.807, 2.05) is 0 Å². The van der Waals surface area contributed by atoms with E-state index in [-0.39, 0.29) is 5.54 Å². The normalized spacial score (nSPS) is 14.4. The zero-order valence-electron chi connectivity index (χ0n) is 10.2. The monoisotopic (exact) mass is 203 g/mol. The maximum atomic E-state index is 4.53. The highest BCUT2D eigenvalue weighted by Gasteiger charge is 2.06. The summed E-state index contributed by atoms with van der Waals surface area (Å²) in [6, 6.07) is 10.6. The van der Waals surface area contributed by atoms with Crippen LogP contribution in [0.1, 0.15) is 33.3 Å². The first-order valence-corrected chi connectivity index (χ1v) is 5.56. The fraction of sp³-hybridized carbons (Fsp3) is 0.500. The summed E-state index contributed by atoms with van der Waals surface area (Å²) < 4.78 is 0. The average Bonchev–Trinajstić information content (AvgIpc) is 2.15. The van der Waals surface area contributed by atoms with Gasteiger partial charge < -0.3 is 0 Å². The Hall–Kier alpha value is -1.11. The van der Waals surface area contributed by atoms with Gasteiger partial charge in [-0.3, -0.25) is 4.99 Å². The van der Waals surface area contributed by atoms with Gasteiger partial charge in [0.25, 0.3) is 0 Å². The number of benzene rings is 1. The second kappa shape index (κ2) is 5.11. The highest BCUT2D eigenvalue weighted by Crippen LogP contribution is 2.10. The third kappa shape index (κ3) is 5.36. The predicted octanol–water partition coefficient (Wildman–Crippen LogP) is 3.73. The average molecular weight is 203 g/mol. The van der Waals surface area contributed by atoms with Crippen LogP contribution in [0.2, 0.25) is 0 Å². The molecule has 0 aromatic heterocycles. The largest absolute Gasteiger partial charge is 0.291 e. The van der Waals surface area contributed by atoms with Crippen LogP contribution < -0.4 is 0 Å². The summed E-state index contributed by atoms with van der Waals surface area (Å²) in [6.45, 7) is 8.58. The van der Waals surface area contributed by atoms with Gasteiger partial charge in [0.15, 0.2) is 0 Å². The van der Waals surface area contributed by atoms with E-state index in [9.17, 15) is 0 Å². The van der Waals surface area contributed by atoms with Crippen molar-refractivity contribution in [3.8, 4) is 0 Å². The summed E-state index contributed by atoms with van der Waals surface area (Å²) in [7, 11) is 0. The molecule has 0 amide bonds. The van der Waals surface area contributed by atoms with Gasteiger partial charge in [0.2, 0.25) is 0 Å². The van der Waals surface area contributed by atoms with E-state index in [4.69, 9.17) is 0 Å². The number of hydrogen-bond acceptors (Lipinski definition) is 1. The SMILES string of the molecule is CC(C=NC(C)(C)C)Cc1ccccc1. The molecular formula is C14H21N. The fourth-order valence-electron chi connectivity index (χ4n) is 1.39. The summed E-state index contributed by atoms with van der Waals surface area (Å²) >= 11 is 0. The third-order valence-electron chi connectivity index (χ3n) is 2.12. The van der Waals surface area contributed by atoms with E-state index in [0.29, 0.717) is 5.92 Å². The van der Waals surface area contributed by atoms with Gasteiger partial charge in [0, 0.05) is 6.21 Å². The molecule has 82 valence electrons. The van der Waals surface area contributed by atoms with Crippen molar-refractivity contribution in [2.75, 3.05) is 0 Å². The van der Waals surface area contributed by atoms with Crippen LogP contribution in [0.5, 0.6) is 0 Å². The second-order valence-corrected chi connectivity index (χ2v) is 5.12. The second-order valence-electron chi connectivity index (χ2n) is 5.12. The first-order valence-electron chi connectivity index (χ1n) is 5.56. The number of rotatable bonds is 3. The van der Waals surface area contributed by atoms with Crippen molar-refractivity contribution in [3.63, 3.8) is 0 Å². The van der Waals surface area contributed by atoms with Crippen molar-refractivity contribution in [1.82, 2.24) is 0 Å². The maximum absolute atomic E-state index is 4.53. The van der Waals surface area contributed by atoms with Crippen LogP contribution in [0.15, 0.2) is 35.3 Å². The van der Waals surface area contributed by atoms with Crippen molar-refractivity contribution in [2.24, 2.45) is 10.9 Å². The van der Waals surface area contributed by atoms with Gasteiger partial charge in [-0.25, -0.2) is 0 Å². The number of hydrogen-bond donors (Lipinski definition) is 0. The van der Waals surface area contributed by atoms with Crippen molar-refractivity contribution >= 4 is 6.21 Å². The Morgan fingerprint density at radius 3 is 2.33 bits per heavy atom. The van der Waals surface area contributed by atoms with Crippen LogP contribution in [0, 0.1) is 5.92 Å². The van der Waals surface area contributed by atoms with Crippen LogP contribution in [-0.4, -0.2) is 11.8 Å². The molecule has 0 aliphatic rings. The zero-order chi connectivity index (χ0) is 11.3. The third-order valence-corrected chi connectivity index (χ3v) is 2.12. The van der Waals surface area contributed by atoms with E-state index < -0.39 is 0 Å². The molecule has 0 saturated heterocycles. The van der Waals surface area contributed by atoms with Gasteiger partial charge in [0.05, 0.1) is 5.54 Å². The fourth-order valence-corrected chi connectivity index (χ4v) is 1.39. The smallest absolute Gasteiger partial charge is 0.0520 e. The zero-order valence-corrected chi connectivity index (χ0v) is 10.2. The number of aliphatic imine (C=N–C) groups is 1. The van der Waals surface area contributed by atoms with Gasteiger partial charge in [0.1, 0.15) is 0 Å². The van der Waals surface area contributed by atoms with Crippen molar-refractivity contribution < 1.29 is 0 Å². The Morgan fingerprint density at radius 2 is 1.80 bits per heavy atom. The molecule has 0 bridgehead atoms. The minimum atomic E-state index is 0.0466. The van der Waals surface area contributed by atoms with E-state index >= 15 is 0 Å². The van der Waals surface area contributed by atoms with Gasteiger partial charge in [-0.2, -0.15) is 0 Å². The van der Waals surface area contributed by atoms with Crippen LogP contribution in [0.25, 0.3) is 0 Å². The lowest BCUT2D eigenvalue weighted by molar-refractivity contribution is 0.579. The minimum absolute atomic E-state index is 0.0466. The molecule has 0 fully saturated rings. The quantitative estimate of drug-likeness (QED) is 0.664. The van der Waals surface area contributed by atoms with Gasteiger partial charge in [-0.05, 0) is 38.7 Å². The lowest BCUT2D eigenvalue weighted by Gasteiger charge is -2.13. The summed E-state index contributed by atoms with van der Waals surface area (Å²) in [5, 5.41) is 0. The molecule has 0 spiro atoms. The topological polar surface area (TPSA) is 12.4 Å². The van der Waals surface area contributed by atoms with Crippen LogP contribution >= 0.6 is 0 Å². The van der Waals surface area contributed by atoms with Gasteiger partial charge >= 0.3 is 0 Å². The molecule has 15 heavy (non-hydrogen) atoms. The Morgan fingerprint density at radius 1 is 1.20 bits per heavy atom. The summed E-state index contributed by atoms with van der Waals surface area (Å²) in [5.41, 5.74) is 1.43. The predicted molar refractivity (Wildman–Crippen MR) is 67.6 cm³/mol. The molecule has 1 nitrogen and oxygen atoms in total. The molecule has 0 radical (unpaired) electrons. The molecule has 1 unspecified atom stereocenters. The lowest BCUT2D eigenvalue weighted by atomic mass is 10.0. The first kappa shape index (κ1) is 12.0. The van der Waals surface area contributed by atoms with Crippen LogP contribution in [-0.2, 0) is 6.42 Å². The molecular weight excluding hydrogens is 182 g/mol. The van der Waals surface area contributed by atoms with Gasteiger partial charge in [-0.15, -0.1) is 0 Å². The molecule has 0 aliphatic carbocycles. The van der Waals surface area contributed by atoms with E-state index in [2.05, 4.69) is 69.2 Å². The van der Waals surface area contributed by atoms with Crippen molar-refractivity contribution in [2.45, 2.75) is 39.7 Å². The van der Waals surface area contributed by atoms with E-state index in [0.717, 1.165) is 6.42 Å². The molecule has 1 aromatic carbocycles. The standard InChI is InChI=1S/C14H21N/c1-12(11-15-14(2,3)4)10-13-8-6-5-7-9-13/h5-9,11-12H,10H2,1-4H3. The van der Waals surface area contributed by atoms with Crippen LogP contribution in [0.4, 0.5) is 0 Å². The lowest BCUT2D eigenvalue weighted by Crippen LogP contribution is -2.12. The highest BCUT2D eigenvalue weighted by molar-refractivity contribution is 5.61. The molecule has 1 aromatic rings. The van der Waals surface area contributed by atoms with Crippen molar-refractivity contribution in [1.29, 1.82) is 0 Å². The van der Waals surface area contributed by atoms with Crippen LogP contribution in [0.3, 0.4) is 0 Å². The first-order chi connectivity index (χ1) is 6.97.